The Morgan fingerprint density at radius 1 is 0.905 bits per heavy atom. The Morgan fingerprint density at radius 2 is 1.60 bits per heavy atom. The van der Waals surface area contributed by atoms with Crippen molar-refractivity contribution in [2.24, 2.45) is 0 Å². The molecule has 4 aromatic rings. The minimum Gasteiger partial charge on any atom is -0.481 e. The summed E-state index contributed by atoms with van der Waals surface area (Å²) in [5, 5.41) is 14.0. The number of nitrogens with zero attached hydrogens (tertiary/aromatic N) is 5. The zero-order valence-electron chi connectivity index (χ0n) is 25.4. The summed E-state index contributed by atoms with van der Waals surface area (Å²) in [5.74, 6) is 1.36. The first-order chi connectivity index (χ1) is 20.2. The number of pyridine rings is 3. The van der Waals surface area contributed by atoms with E-state index in [0.717, 1.165) is 45.4 Å². The lowest BCUT2D eigenvalue weighted by atomic mass is 9.72. The highest BCUT2D eigenvalue weighted by molar-refractivity contribution is 9.10. The molecule has 2 atom stereocenters. The van der Waals surface area contributed by atoms with Crippen LogP contribution in [-0.2, 0) is 5.60 Å². The first-order valence-electron chi connectivity index (χ1n) is 14.0. The zero-order valence-corrected chi connectivity index (χ0v) is 27.0. The predicted molar refractivity (Wildman–Crippen MR) is 170 cm³/mol. The van der Waals surface area contributed by atoms with Crippen molar-refractivity contribution in [3.05, 3.63) is 75.9 Å². The van der Waals surface area contributed by atoms with Crippen molar-refractivity contribution < 1.29 is 19.3 Å². The molecule has 0 aliphatic rings. The highest BCUT2D eigenvalue weighted by atomic mass is 79.9. The monoisotopic (exact) mass is 637 g/mol. The molecule has 3 heterocycles. The van der Waals surface area contributed by atoms with Gasteiger partial charge in [-0.2, -0.15) is 4.98 Å². The van der Waals surface area contributed by atoms with Gasteiger partial charge in [-0.15, -0.1) is 0 Å². The van der Waals surface area contributed by atoms with Gasteiger partial charge in [0.05, 0.1) is 26.8 Å². The van der Waals surface area contributed by atoms with Crippen LogP contribution in [0.2, 0.25) is 0 Å². The Balaban J connectivity index is 2.05. The van der Waals surface area contributed by atoms with Crippen LogP contribution in [0.3, 0.4) is 0 Å². The number of ether oxygens (including phenoxy) is 3. The van der Waals surface area contributed by atoms with E-state index in [2.05, 4.69) is 39.7 Å². The molecule has 0 bridgehead atoms. The van der Waals surface area contributed by atoms with E-state index in [1.165, 1.54) is 0 Å². The van der Waals surface area contributed by atoms with Crippen molar-refractivity contribution >= 4 is 32.7 Å². The largest absolute Gasteiger partial charge is 0.481 e. The Bertz CT molecular complexity index is 1470. The van der Waals surface area contributed by atoms with Gasteiger partial charge in [0.15, 0.2) is 0 Å². The van der Waals surface area contributed by atoms with Gasteiger partial charge in [-0.3, -0.25) is 0 Å². The number of hydrogen-bond acceptors (Lipinski definition) is 9. The number of anilines is 1. The number of aromatic nitrogens is 3. The molecule has 0 radical (unpaired) electrons. The molecule has 0 saturated carbocycles. The molecule has 10 heteroatoms. The molecule has 0 amide bonds. The van der Waals surface area contributed by atoms with Gasteiger partial charge < -0.3 is 29.1 Å². The van der Waals surface area contributed by atoms with Crippen LogP contribution in [0.1, 0.15) is 42.9 Å². The maximum atomic E-state index is 13.1. The van der Waals surface area contributed by atoms with Gasteiger partial charge in [0.25, 0.3) is 0 Å². The second kappa shape index (κ2) is 13.7. The molecule has 0 spiro atoms. The highest BCUT2D eigenvalue weighted by Crippen LogP contribution is 2.48. The van der Waals surface area contributed by atoms with E-state index in [-0.39, 0.29) is 0 Å². The lowest BCUT2D eigenvalue weighted by Gasteiger charge is -2.39. The van der Waals surface area contributed by atoms with E-state index in [9.17, 15) is 5.11 Å². The van der Waals surface area contributed by atoms with Gasteiger partial charge in [-0.1, -0.05) is 22.0 Å². The molecular formula is C32H40BrN5O4. The van der Waals surface area contributed by atoms with Crippen LogP contribution >= 0.6 is 15.9 Å². The van der Waals surface area contributed by atoms with E-state index in [4.69, 9.17) is 24.2 Å². The molecule has 3 aromatic heterocycles. The van der Waals surface area contributed by atoms with Crippen molar-refractivity contribution in [2.75, 3.05) is 60.0 Å². The van der Waals surface area contributed by atoms with Gasteiger partial charge in [-0.25, -0.2) is 9.97 Å². The van der Waals surface area contributed by atoms with E-state index < -0.39 is 11.5 Å². The summed E-state index contributed by atoms with van der Waals surface area (Å²) in [7, 11) is 8.67. The third-order valence-corrected chi connectivity index (χ3v) is 8.07. The predicted octanol–water partition coefficient (Wildman–Crippen LogP) is 5.63. The lowest BCUT2D eigenvalue weighted by Crippen LogP contribution is -2.38. The Kier molecular flexibility index (Phi) is 10.2. The van der Waals surface area contributed by atoms with E-state index in [1.54, 1.807) is 33.5 Å². The molecule has 0 aliphatic heterocycles. The maximum absolute atomic E-state index is 13.1. The Morgan fingerprint density at radius 3 is 2.14 bits per heavy atom. The number of hydrogen-bond donors (Lipinski definition) is 1. The Labute approximate surface area is 256 Å². The van der Waals surface area contributed by atoms with Crippen LogP contribution in [0, 0.1) is 0 Å². The van der Waals surface area contributed by atoms with Crippen molar-refractivity contribution in [3.8, 4) is 17.6 Å². The summed E-state index contributed by atoms with van der Waals surface area (Å²) < 4.78 is 17.9. The molecule has 1 N–H and O–H groups in total. The average molecular weight is 639 g/mol. The minimum atomic E-state index is -1.47. The fourth-order valence-electron chi connectivity index (χ4n) is 5.32. The van der Waals surface area contributed by atoms with Crippen LogP contribution in [0.5, 0.6) is 17.6 Å². The molecule has 0 fully saturated rings. The van der Waals surface area contributed by atoms with E-state index >= 15 is 0 Å². The average Bonchev–Trinajstić information content (AvgIpc) is 3.00. The molecule has 0 unspecified atom stereocenters. The normalized spacial score (nSPS) is 13.6. The topological polar surface area (TPSA) is 93.1 Å². The molecular weight excluding hydrogens is 598 g/mol. The number of methoxy groups -OCH3 is 3. The number of benzene rings is 1. The fourth-order valence-corrected chi connectivity index (χ4v) is 5.70. The molecule has 224 valence electrons. The number of aliphatic hydroxyl groups is 1. The van der Waals surface area contributed by atoms with Crippen LogP contribution in [0.25, 0.3) is 10.9 Å². The summed E-state index contributed by atoms with van der Waals surface area (Å²) >= 11 is 3.60. The summed E-state index contributed by atoms with van der Waals surface area (Å²) in [5.41, 5.74) is 1.47. The van der Waals surface area contributed by atoms with E-state index in [1.807, 2.05) is 61.6 Å². The first kappa shape index (κ1) is 31.5. The lowest BCUT2D eigenvalue weighted by molar-refractivity contribution is 0.00323. The third kappa shape index (κ3) is 6.61. The Hall–Kier alpha value is -3.47. The zero-order chi connectivity index (χ0) is 30.4. The smallest absolute Gasteiger partial charge is 0.217 e. The van der Waals surface area contributed by atoms with Gasteiger partial charge in [0.2, 0.25) is 17.6 Å². The molecule has 0 aliphatic carbocycles. The fraction of sp³-hybridized carbons (Fsp3) is 0.406. The number of rotatable bonds is 13. The molecule has 42 heavy (non-hydrogen) atoms. The third-order valence-electron chi connectivity index (χ3n) is 7.58. The van der Waals surface area contributed by atoms with Crippen molar-refractivity contribution in [1.29, 1.82) is 0 Å². The second-order valence-electron chi connectivity index (χ2n) is 10.4. The summed E-state index contributed by atoms with van der Waals surface area (Å²) in [6.45, 7) is 6.49. The summed E-state index contributed by atoms with van der Waals surface area (Å²) in [4.78, 5) is 18.3. The maximum Gasteiger partial charge on any atom is 0.217 e. The van der Waals surface area contributed by atoms with Gasteiger partial charge in [0.1, 0.15) is 11.4 Å². The van der Waals surface area contributed by atoms with Gasteiger partial charge in [0, 0.05) is 59.3 Å². The van der Waals surface area contributed by atoms with Crippen LogP contribution in [0.4, 0.5) is 5.82 Å². The SMILES string of the molecule is CCN(CC)c1ccc([C@H](c2cc3cc(Br)ccc3nc2OC)[C@@](O)(CCN(C)C)c2cc(OC)nc(OC)c2)cn1. The van der Waals surface area contributed by atoms with Crippen molar-refractivity contribution in [1.82, 2.24) is 19.9 Å². The van der Waals surface area contributed by atoms with Crippen LogP contribution < -0.4 is 19.1 Å². The second-order valence-corrected chi connectivity index (χ2v) is 11.3. The van der Waals surface area contributed by atoms with Crippen molar-refractivity contribution in [3.63, 3.8) is 0 Å². The summed E-state index contributed by atoms with van der Waals surface area (Å²) in [6.07, 6.45) is 2.22. The van der Waals surface area contributed by atoms with Gasteiger partial charge in [-0.05, 0) is 75.8 Å². The molecule has 4 rings (SSSR count). The minimum absolute atomic E-state index is 0.342. The first-order valence-corrected chi connectivity index (χ1v) is 14.8. The van der Waals surface area contributed by atoms with Crippen LogP contribution in [-0.4, -0.2) is 80.0 Å². The van der Waals surface area contributed by atoms with E-state index in [0.29, 0.717) is 36.2 Å². The standard InChI is InChI=1S/C32H40BrN5O4/c1-8-38(9-2)27-13-10-21(20-34-27)30(25-17-22-16-24(33)11-12-26(22)35-31(25)42-7)32(39,14-15-37(3)4)23-18-28(40-5)36-29(19-23)41-6/h10-13,16-20,30,39H,8-9,14-15H2,1-7H3/t30-,32-/m1/s1. The molecule has 1 aromatic carbocycles. The summed E-state index contributed by atoms with van der Waals surface area (Å²) in [6, 6.07) is 15.5. The van der Waals surface area contributed by atoms with Gasteiger partial charge >= 0.3 is 0 Å². The number of halogens is 1. The molecule has 9 nitrogen and oxygen atoms in total. The number of fused-ring (bicyclic) bond motifs is 1. The highest BCUT2D eigenvalue weighted by Gasteiger charge is 2.43. The van der Waals surface area contributed by atoms with Crippen LogP contribution in [0.15, 0.2) is 59.2 Å². The quantitative estimate of drug-likeness (QED) is 0.200. The van der Waals surface area contributed by atoms with Crippen molar-refractivity contribution in [2.45, 2.75) is 31.8 Å². The molecule has 0 saturated heterocycles.